The average Bonchev–Trinajstić information content (AvgIpc) is 2.87. The fourth-order valence-electron chi connectivity index (χ4n) is 7.95. The first-order valence-electron chi connectivity index (χ1n) is 10.1. The third-order valence-corrected chi connectivity index (χ3v) is 9.14. The van der Waals surface area contributed by atoms with Crippen LogP contribution in [0.1, 0.15) is 72.1 Å². The molecule has 4 rings (SSSR count). The standard InChI is InChI=1S/C21H34O3/c1-12(22)15-4-5-16-14-11-19(24)18-10-13(23)6-8-21(18,3)17(14)7-9-20(15,16)2/h13-19,23-24H,4-11H2,1-3H3/t13-,14+,15-,16+,17+,18+,19+,20-,21+/m0/s1. The van der Waals surface area contributed by atoms with E-state index in [4.69, 9.17) is 0 Å². The molecule has 24 heavy (non-hydrogen) atoms. The van der Waals surface area contributed by atoms with Crippen molar-refractivity contribution in [1.29, 1.82) is 0 Å². The second-order valence-corrected chi connectivity index (χ2v) is 10.0. The van der Waals surface area contributed by atoms with Gasteiger partial charge >= 0.3 is 0 Å². The SMILES string of the molecule is CC(=O)[C@@H]1CC[C@@H]2[C@H]3C[C@@H](O)[C@H]4C[C@@H](O)CC[C@]4(C)[C@@H]3CC[C@]21C. The molecule has 0 bridgehead atoms. The molecule has 3 nitrogen and oxygen atoms in total. The molecule has 0 aromatic heterocycles. The highest BCUT2D eigenvalue weighted by atomic mass is 16.3. The summed E-state index contributed by atoms with van der Waals surface area (Å²) in [6, 6.07) is 0. The zero-order valence-electron chi connectivity index (χ0n) is 15.5. The average molecular weight is 335 g/mol. The Kier molecular flexibility index (Phi) is 3.93. The predicted molar refractivity (Wildman–Crippen MR) is 93.3 cm³/mol. The van der Waals surface area contributed by atoms with Crippen LogP contribution in [0, 0.1) is 40.4 Å². The second kappa shape index (κ2) is 5.54. The van der Waals surface area contributed by atoms with E-state index >= 15 is 0 Å². The summed E-state index contributed by atoms with van der Waals surface area (Å²) >= 11 is 0. The quantitative estimate of drug-likeness (QED) is 0.771. The van der Waals surface area contributed by atoms with Crippen LogP contribution in [-0.2, 0) is 4.79 Å². The van der Waals surface area contributed by atoms with Gasteiger partial charge in [-0.05, 0) is 92.8 Å². The van der Waals surface area contributed by atoms with E-state index in [0.717, 1.165) is 38.5 Å². The number of carbonyl (C=O) groups excluding carboxylic acids is 1. The number of hydrogen-bond acceptors (Lipinski definition) is 3. The van der Waals surface area contributed by atoms with Crippen molar-refractivity contribution in [2.24, 2.45) is 40.4 Å². The first-order chi connectivity index (χ1) is 11.3. The molecule has 136 valence electrons. The normalized spacial score (nSPS) is 57.0. The van der Waals surface area contributed by atoms with E-state index < -0.39 is 0 Å². The Morgan fingerprint density at radius 1 is 0.875 bits per heavy atom. The third-order valence-electron chi connectivity index (χ3n) is 9.14. The van der Waals surface area contributed by atoms with Crippen molar-refractivity contribution in [3.63, 3.8) is 0 Å². The lowest BCUT2D eigenvalue weighted by Gasteiger charge is -2.62. The Bertz CT molecular complexity index is 531. The molecule has 4 saturated carbocycles. The molecule has 0 aliphatic heterocycles. The Hall–Kier alpha value is -0.410. The molecule has 0 unspecified atom stereocenters. The first kappa shape index (κ1) is 17.0. The van der Waals surface area contributed by atoms with Gasteiger partial charge in [-0.1, -0.05) is 13.8 Å². The van der Waals surface area contributed by atoms with Crippen LogP contribution in [0.4, 0.5) is 0 Å². The molecule has 4 aliphatic carbocycles. The smallest absolute Gasteiger partial charge is 0.133 e. The molecule has 3 heteroatoms. The van der Waals surface area contributed by atoms with Gasteiger partial charge in [-0.15, -0.1) is 0 Å². The number of carbonyl (C=O) groups is 1. The highest BCUT2D eigenvalue weighted by molar-refractivity contribution is 5.79. The second-order valence-electron chi connectivity index (χ2n) is 10.0. The predicted octanol–water partition coefficient (Wildman–Crippen LogP) is 3.57. The largest absolute Gasteiger partial charge is 0.393 e. The van der Waals surface area contributed by atoms with Gasteiger partial charge in [-0.2, -0.15) is 0 Å². The summed E-state index contributed by atoms with van der Waals surface area (Å²) in [5.41, 5.74) is 0.335. The molecule has 0 heterocycles. The van der Waals surface area contributed by atoms with Gasteiger partial charge in [0.25, 0.3) is 0 Å². The summed E-state index contributed by atoms with van der Waals surface area (Å²) in [6.45, 7) is 6.53. The summed E-state index contributed by atoms with van der Waals surface area (Å²) in [5.74, 6) is 2.71. The number of aliphatic hydroxyl groups excluding tert-OH is 2. The van der Waals surface area contributed by atoms with E-state index in [0.29, 0.717) is 23.5 Å². The van der Waals surface area contributed by atoms with Crippen molar-refractivity contribution in [1.82, 2.24) is 0 Å². The number of hydrogen-bond donors (Lipinski definition) is 2. The number of rotatable bonds is 1. The minimum absolute atomic E-state index is 0.157. The van der Waals surface area contributed by atoms with E-state index in [1.54, 1.807) is 6.92 Å². The lowest BCUT2D eigenvalue weighted by molar-refractivity contribution is -0.171. The Balaban J connectivity index is 1.65. The van der Waals surface area contributed by atoms with Gasteiger partial charge in [0.05, 0.1) is 12.2 Å². The molecule has 0 aromatic rings. The van der Waals surface area contributed by atoms with Gasteiger partial charge in [0, 0.05) is 5.92 Å². The van der Waals surface area contributed by atoms with Gasteiger partial charge in [0.15, 0.2) is 0 Å². The van der Waals surface area contributed by atoms with Crippen molar-refractivity contribution in [3.05, 3.63) is 0 Å². The highest BCUT2D eigenvalue weighted by Gasteiger charge is 2.62. The van der Waals surface area contributed by atoms with Crippen LogP contribution in [0.15, 0.2) is 0 Å². The minimum atomic E-state index is -0.273. The van der Waals surface area contributed by atoms with Crippen LogP contribution in [-0.4, -0.2) is 28.2 Å². The summed E-state index contributed by atoms with van der Waals surface area (Å²) in [7, 11) is 0. The maximum absolute atomic E-state index is 12.2. The van der Waals surface area contributed by atoms with Crippen molar-refractivity contribution in [2.75, 3.05) is 0 Å². The zero-order chi connectivity index (χ0) is 17.3. The van der Waals surface area contributed by atoms with Gasteiger partial charge in [0.1, 0.15) is 5.78 Å². The number of ketones is 1. The summed E-state index contributed by atoms with van der Waals surface area (Å²) in [6.07, 6.45) is 7.70. The topological polar surface area (TPSA) is 57.5 Å². The minimum Gasteiger partial charge on any atom is -0.393 e. The monoisotopic (exact) mass is 334 g/mol. The lowest BCUT2D eigenvalue weighted by atomic mass is 9.44. The lowest BCUT2D eigenvalue weighted by Crippen LogP contribution is -2.58. The van der Waals surface area contributed by atoms with Gasteiger partial charge in [-0.3, -0.25) is 4.79 Å². The number of fused-ring (bicyclic) bond motifs is 5. The molecule has 9 atom stereocenters. The van der Waals surface area contributed by atoms with Crippen molar-refractivity contribution < 1.29 is 15.0 Å². The Labute approximate surface area is 146 Å². The number of aliphatic hydroxyl groups is 2. The van der Waals surface area contributed by atoms with Crippen molar-refractivity contribution in [2.45, 2.75) is 84.3 Å². The van der Waals surface area contributed by atoms with Crippen LogP contribution >= 0.6 is 0 Å². The van der Waals surface area contributed by atoms with Crippen LogP contribution in [0.5, 0.6) is 0 Å². The Morgan fingerprint density at radius 2 is 1.54 bits per heavy atom. The fraction of sp³-hybridized carbons (Fsp3) is 0.952. The summed E-state index contributed by atoms with van der Waals surface area (Å²) in [4.78, 5) is 12.2. The zero-order valence-corrected chi connectivity index (χ0v) is 15.5. The van der Waals surface area contributed by atoms with E-state index in [9.17, 15) is 15.0 Å². The van der Waals surface area contributed by atoms with E-state index in [-0.39, 0.29) is 34.9 Å². The van der Waals surface area contributed by atoms with Gasteiger partial charge < -0.3 is 10.2 Å². The van der Waals surface area contributed by atoms with Crippen LogP contribution in [0.3, 0.4) is 0 Å². The van der Waals surface area contributed by atoms with Crippen LogP contribution < -0.4 is 0 Å². The molecule has 0 saturated heterocycles. The molecule has 4 fully saturated rings. The van der Waals surface area contributed by atoms with Crippen molar-refractivity contribution >= 4 is 5.78 Å². The molecule has 4 aliphatic rings. The molecule has 0 aromatic carbocycles. The number of Topliss-reactive ketones (excluding diaryl/α,β-unsaturated/α-hetero) is 1. The third kappa shape index (κ3) is 2.19. The van der Waals surface area contributed by atoms with Crippen molar-refractivity contribution in [3.8, 4) is 0 Å². The molecule has 0 radical (unpaired) electrons. The van der Waals surface area contributed by atoms with Gasteiger partial charge in [-0.25, -0.2) is 0 Å². The highest BCUT2D eigenvalue weighted by Crippen LogP contribution is 2.67. The molecule has 2 N–H and O–H groups in total. The van der Waals surface area contributed by atoms with E-state index in [1.807, 2.05) is 0 Å². The molecule has 0 spiro atoms. The first-order valence-corrected chi connectivity index (χ1v) is 10.1. The molecular weight excluding hydrogens is 300 g/mol. The van der Waals surface area contributed by atoms with E-state index in [1.165, 1.54) is 12.8 Å². The van der Waals surface area contributed by atoms with Crippen LogP contribution in [0.2, 0.25) is 0 Å². The van der Waals surface area contributed by atoms with Crippen LogP contribution in [0.25, 0.3) is 0 Å². The molecular formula is C21H34O3. The fourth-order valence-corrected chi connectivity index (χ4v) is 7.95. The van der Waals surface area contributed by atoms with E-state index in [2.05, 4.69) is 13.8 Å². The maximum Gasteiger partial charge on any atom is 0.133 e. The van der Waals surface area contributed by atoms with Gasteiger partial charge in [0.2, 0.25) is 0 Å². The maximum atomic E-state index is 12.2. The Morgan fingerprint density at radius 3 is 2.25 bits per heavy atom. The summed E-state index contributed by atoms with van der Waals surface area (Å²) < 4.78 is 0. The summed E-state index contributed by atoms with van der Waals surface area (Å²) in [5, 5.41) is 21.0. The molecule has 0 amide bonds.